The second-order valence-electron chi connectivity index (χ2n) is 6.26. The van der Waals surface area contributed by atoms with Gasteiger partial charge >= 0.3 is 0 Å². The van der Waals surface area contributed by atoms with Gasteiger partial charge in [-0.25, -0.2) is 4.99 Å². The Hall–Kier alpha value is -1.97. The number of aliphatic imine (C=N–C) groups is 1. The minimum absolute atomic E-state index is 0.122. The Kier molecular flexibility index (Phi) is 2.96. The van der Waals surface area contributed by atoms with Crippen LogP contribution in [0.1, 0.15) is 26.5 Å². The Morgan fingerprint density at radius 3 is 2.75 bits per heavy atom. The molecule has 0 unspecified atom stereocenters. The standard InChI is InChI=1S/C16H20N2O2/c1-16(2,3)14-9-20-15(18-14)13-8-10-7-11(19-4)5-6-12(10)17-13/h5-8,14,17H,9H2,1-4H3/t14-/m1/s1. The van der Waals surface area contributed by atoms with E-state index in [2.05, 4.69) is 31.8 Å². The van der Waals surface area contributed by atoms with Gasteiger partial charge in [0, 0.05) is 10.9 Å². The van der Waals surface area contributed by atoms with Crippen molar-refractivity contribution in [2.75, 3.05) is 13.7 Å². The minimum atomic E-state index is 0.122. The zero-order valence-corrected chi connectivity index (χ0v) is 12.4. The van der Waals surface area contributed by atoms with Crippen molar-refractivity contribution in [2.45, 2.75) is 26.8 Å². The number of nitrogens with zero attached hydrogens (tertiary/aromatic N) is 1. The third-order valence-corrected chi connectivity index (χ3v) is 3.71. The molecule has 1 N–H and O–H groups in total. The van der Waals surface area contributed by atoms with Crippen molar-refractivity contribution < 1.29 is 9.47 Å². The lowest BCUT2D eigenvalue weighted by atomic mass is 9.88. The van der Waals surface area contributed by atoms with E-state index in [1.165, 1.54) is 0 Å². The third kappa shape index (κ3) is 2.26. The number of aromatic amines is 1. The lowest BCUT2D eigenvalue weighted by molar-refractivity contribution is 0.235. The average molecular weight is 272 g/mol. The summed E-state index contributed by atoms with van der Waals surface area (Å²) in [5.74, 6) is 1.56. The SMILES string of the molecule is COc1ccc2[nH]c(C3=N[C@@H](C(C)(C)C)CO3)cc2c1. The van der Waals surface area contributed by atoms with E-state index in [0.29, 0.717) is 12.5 Å². The van der Waals surface area contributed by atoms with Crippen molar-refractivity contribution in [1.82, 2.24) is 4.98 Å². The summed E-state index contributed by atoms with van der Waals surface area (Å²) < 4.78 is 11.0. The van der Waals surface area contributed by atoms with Crippen LogP contribution in [0.15, 0.2) is 29.3 Å². The van der Waals surface area contributed by atoms with Crippen LogP contribution in [0, 0.1) is 5.41 Å². The third-order valence-electron chi connectivity index (χ3n) is 3.71. The van der Waals surface area contributed by atoms with Crippen LogP contribution in [-0.2, 0) is 4.74 Å². The lowest BCUT2D eigenvalue weighted by Crippen LogP contribution is -2.25. The Morgan fingerprint density at radius 1 is 1.30 bits per heavy atom. The molecule has 1 aliphatic heterocycles. The molecule has 2 heterocycles. The number of fused-ring (bicyclic) bond motifs is 1. The van der Waals surface area contributed by atoms with Gasteiger partial charge in [0.25, 0.3) is 0 Å². The summed E-state index contributed by atoms with van der Waals surface area (Å²) in [5.41, 5.74) is 2.11. The van der Waals surface area contributed by atoms with Gasteiger partial charge in [0.05, 0.1) is 13.2 Å². The molecule has 0 spiro atoms. The molecule has 0 saturated heterocycles. The molecule has 106 valence electrons. The number of aromatic nitrogens is 1. The molecule has 4 heteroatoms. The summed E-state index contributed by atoms with van der Waals surface area (Å²) in [6, 6.07) is 8.22. The maximum Gasteiger partial charge on any atom is 0.233 e. The Balaban J connectivity index is 1.95. The van der Waals surface area contributed by atoms with Gasteiger partial charge in [-0.05, 0) is 29.7 Å². The Labute approximate surface area is 118 Å². The van der Waals surface area contributed by atoms with Gasteiger partial charge in [-0.3, -0.25) is 0 Å². The molecule has 0 saturated carbocycles. The van der Waals surface area contributed by atoms with Gasteiger partial charge in [0.1, 0.15) is 18.1 Å². The van der Waals surface area contributed by atoms with Crippen LogP contribution in [0.5, 0.6) is 5.75 Å². The molecule has 0 aliphatic carbocycles. The molecule has 0 amide bonds. The summed E-state index contributed by atoms with van der Waals surface area (Å²) in [7, 11) is 1.67. The fraction of sp³-hybridized carbons (Fsp3) is 0.438. The van der Waals surface area contributed by atoms with Crippen LogP contribution in [0.3, 0.4) is 0 Å². The first kappa shape index (κ1) is 13.0. The van der Waals surface area contributed by atoms with E-state index in [1.54, 1.807) is 7.11 Å². The highest BCUT2D eigenvalue weighted by molar-refractivity contribution is 5.99. The van der Waals surface area contributed by atoms with Crippen molar-refractivity contribution in [1.29, 1.82) is 0 Å². The summed E-state index contributed by atoms with van der Waals surface area (Å²) in [5, 5.41) is 1.10. The van der Waals surface area contributed by atoms with E-state index in [-0.39, 0.29) is 11.5 Å². The average Bonchev–Trinajstić information content (AvgIpc) is 3.03. The molecular weight excluding hydrogens is 252 g/mol. The molecular formula is C16H20N2O2. The van der Waals surface area contributed by atoms with Crippen LogP contribution in [0.25, 0.3) is 10.9 Å². The van der Waals surface area contributed by atoms with Gasteiger partial charge in [-0.15, -0.1) is 0 Å². The molecule has 0 radical (unpaired) electrons. The minimum Gasteiger partial charge on any atom is -0.497 e. The molecule has 2 aromatic rings. The molecule has 4 nitrogen and oxygen atoms in total. The van der Waals surface area contributed by atoms with E-state index in [0.717, 1.165) is 22.3 Å². The van der Waals surface area contributed by atoms with Gasteiger partial charge < -0.3 is 14.5 Å². The molecule has 1 atom stereocenters. The Bertz CT molecular complexity index is 665. The van der Waals surface area contributed by atoms with Crippen molar-refractivity contribution in [3.8, 4) is 5.75 Å². The van der Waals surface area contributed by atoms with Crippen LogP contribution in [0.2, 0.25) is 0 Å². The first-order valence-electron chi connectivity index (χ1n) is 6.85. The first-order chi connectivity index (χ1) is 9.47. The fourth-order valence-corrected chi connectivity index (χ4v) is 2.32. The molecule has 1 aromatic carbocycles. The smallest absolute Gasteiger partial charge is 0.233 e. The Morgan fingerprint density at radius 2 is 2.10 bits per heavy atom. The van der Waals surface area contributed by atoms with Crippen molar-refractivity contribution >= 4 is 16.8 Å². The molecule has 20 heavy (non-hydrogen) atoms. The van der Waals surface area contributed by atoms with Crippen LogP contribution >= 0.6 is 0 Å². The van der Waals surface area contributed by atoms with Gasteiger partial charge in [-0.1, -0.05) is 20.8 Å². The summed E-state index contributed by atoms with van der Waals surface area (Å²) in [6.07, 6.45) is 0. The van der Waals surface area contributed by atoms with Gasteiger partial charge in [0.15, 0.2) is 0 Å². The zero-order valence-electron chi connectivity index (χ0n) is 12.4. The van der Waals surface area contributed by atoms with E-state index < -0.39 is 0 Å². The summed E-state index contributed by atoms with van der Waals surface area (Å²) in [6.45, 7) is 7.20. The second-order valence-corrected chi connectivity index (χ2v) is 6.26. The highest BCUT2D eigenvalue weighted by Crippen LogP contribution is 2.28. The molecule has 1 aromatic heterocycles. The van der Waals surface area contributed by atoms with Crippen LogP contribution in [-0.4, -0.2) is 30.6 Å². The quantitative estimate of drug-likeness (QED) is 0.911. The number of ether oxygens (including phenoxy) is 2. The van der Waals surface area contributed by atoms with Crippen molar-refractivity contribution in [3.63, 3.8) is 0 Å². The summed E-state index contributed by atoms with van der Waals surface area (Å²) >= 11 is 0. The number of nitrogens with one attached hydrogen (secondary N) is 1. The second kappa shape index (κ2) is 4.54. The molecule has 0 fully saturated rings. The highest BCUT2D eigenvalue weighted by atomic mass is 16.5. The lowest BCUT2D eigenvalue weighted by Gasteiger charge is -2.21. The topological polar surface area (TPSA) is 46.6 Å². The van der Waals surface area contributed by atoms with E-state index in [4.69, 9.17) is 14.5 Å². The number of hydrogen-bond donors (Lipinski definition) is 1. The summed E-state index contributed by atoms with van der Waals surface area (Å²) in [4.78, 5) is 8.05. The van der Waals surface area contributed by atoms with Crippen molar-refractivity contribution in [3.05, 3.63) is 30.0 Å². The zero-order chi connectivity index (χ0) is 14.3. The maximum absolute atomic E-state index is 5.75. The predicted octanol–water partition coefficient (Wildman–Crippen LogP) is 3.37. The van der Waals surface area contributed by atoms with Gasteiger partial charge in [-0.2, -0.15) is 0 Å². The number of methoxy groups -OCH3 is 1. The van der Waals surface area contributed by atoms with Gasteiger partial charge in [0.2, 0.25) is 5.90 Å². The van der Waals surface area contributed by atoms with Crippen LogP contribution < -0.4 is 4.74 Å². The van der Waals surface area contributed by atoms with Crippen molar-refractivity contribution in [2.24, 2.45) is 10.4 Å². The molecule has 3 rings (SSSR count). The largest absolute Gasteiger partial charge is 0.497 e. The first-order valence-corrected chi connectivity index (χ1v) is 6.85. The highest BCUT2D eigenvalue weighted by Gasteiger charge is 2.31. The van der Waals surface area contributed by atoms with Crippen LogP contribution in [0.4, 0.5) is 0 Å². The van der Waals surface area contributed by atoms with E-state index in [1.807, 2.05) is 18.2 Å². The number of benzene rings is 1. The number of hydrogen-bond acceptors (Lipinski definition) is 3. The fourth-order valence-electron chi connectivity index (χ4n) is 2.32. The maximum atomic E-state index is 5.75. The van der Waals surface area contributed by atoms with E-state index in [9.17, 15) is 0 Å². The molecule has 0 bridgehead atoms. The monoisotopic (exact) mass is 272 g/mol. The van der Waals surface area contributed by atoms with E-state index >= 15 is 0 Å². The number of rotatable bonds is 2. The molecule has 1 aliphatic rings. The normalized spacial score (nSPS) is 19.0. The number of H-pyrrole nitrogens is 1. The predicted molar refractivity (Wildman–Crippen MR) is 80.6 cm³/mol.